The lowest BCUT2D eigenvalue weighted by Crippen LogP contribution is -2.31. The summed E-state index contributed by atoms with van der Waals surface area (Å²) < 4.78 is 14.0. The average molecular weight is 970 g/mol. The van der Waals surface area contributed by atoms with Crippen molar-refractivity contribution in [2.45, 2.75) is 18.9 Å². The van der Waals surface area contributed by atoms with Gasteiger partial charge in [-0.2, -0.15) is 0 Å². The molecule has 1 aliphatic heterocycles. The van der Waals surface area contributed by atoms with Gasteiger partial charge in [0.15, 0.2) is 0 Å². The Bertz CT molecular complexity index is 4680. The molecule has 1 unspecified atom stereocenters. The molecule has 356 valence electrons. The van der Waals surface area contributed by atoms with Gasteiger partial charge >= 0.3 is 0 Å². The van der Waals surface area contributed by atoms with Gasteiger partial charge < -0.3 is 13.7 Å². The third-order valence-corrected chi connectivity index (χ3v) is 16.3. The molecule has 0 amide bonds. The average Bonchev–Trinajstić information content (AvgIpc) is 4.02. The number of rotatable bonds is 6. The van der Waals surface area contributed by atoms with Gasteiger partial charge in [-0.25, -0.2) is 0 Å². The van der Waals surface area contributed by atoms with E-state index in [0.717, 1.165) is 124 Å². The molecule has 0 radical (unpaired) electrons. The van der Waals surface area contributed by atoms with E-state index in [1.54, 1.807) is 0 Å². The highest BCUT2D eigenvalue weighted by Gasteiger charge is 2.30. The number of furan rings is 2. The summed E-state index contributed by atoms with van der Waals surface area (Å²) in [5.41, 5.74) is 22.2. The molecule has 3 heterocycles. The molecule has 2 aliphatic carbocycles. The van der Waals surface area contributed by atoms with Crippen LogP contribution in [0.2, 0.25) is 0 Å². The van der Waals surface area contributed by atoms with E-state index in [-0.39, 0.29) is 6.04 Å². The fourth-order valence-electron chi connectivity index (χ4n) is 12.8. The first-order chi connectivity index (χ1) is 37.7. The summed E-state index contributed by atoms with van der Waals surface area (Å²) in [7, 11) is 0. The second kappa shape index (κ2) is 16.9. The number of hydrogen-bond acceptors (Lipinski definition) is 3. The van der Waals surface area contributed by atoms with Crippen molar-refractivity contribution in [3.8, 4) is 44.5 Å². The van der Waals surface area contributed by atoms with Crippen molar-refractivity contribution >= 4 is 94.0 Å². The molecule has 2 bridgehead atoms. The molecule has 76 heavy (non-hydrogen) atoms. The second-order valence-corrected chi connectivity index (χ2v) is 20.5. The van der Waals surface area contributed by atoms with Crippen LogP contribution >= 0.6 is 0 Å². The fraction of sp³-hybridized carbons (Fsp3) is 0.0411. The van der Waals surface area contributed by atoms with Crippen LogP contribution in [-0.2, 0) is 6.42 Å². The first-order valence-corrected chi connectivity index (χ1v) is 26.5. The Morgan fingerprint density at radius 2 is 0.908 bits per heavy atom. The van der Waals surface area contributed by atoms with Crippen LogP contribution in [0.3, 0.4) is 0 Å². The largest absolute Gasteiger partial charge is 0.455 e. The topological polar surface area (TPSA) is 29.5 Å². The van der Waals surface area contributed by atoms with E-state index < -0.39 is 0 Å². The van der Waals surface area contributed by atoms with Gasteiger partial charge in [-0.15, -0.1) is 0 Å². The molecular formula is C73H47NO2. The minimum atomic E-state index is -0.0590. The summed E-state index contributed by atoms with van der Waals surface area (Å²) in [5, 5.41) is 9.78. The molecule has 13 aromatic rings. The van der Waals surface area contributed by atoms with Gasteiger partial charge in [-0.05, 0) is 127 Å². The molecule has 3 nitrogen and oxygen atoms in total. The molecule has 3 aliphatic rings. The molecule has 0 fully saturated rings. The van der Waals surface area contributed by atoms with Crippen LogP contribution in [0.15, 0.2) is 258 Å². The van der Waals surface area contributed by atoms with E-state index in [1.807, 2.05) is 0 Å². The Balaban J connectivity index is 0.842. The van der Waals surface area contributed by atoms with Crippen molar-refractivity contribution in [3.05, 3.63) is 271 Å². The van der Waals surface area contributed by atoms with Crippen molar-refractivity contribution in [3.63, 3.8) is 0 Å². The number of nitrogens with zero attached hydrogens (tertiary/aromatic N) is 1. The minimum Gasteiger partial charge on any atom is -0.455 e. The van der Waals surface area contributed by atoms with Crippen molar-refractivity contribution < 1.29 is 8.83 Å². The first kappa shape index (κ1) is 42.8. The summed E-state index contributed by atoms with van der Waals surface area (Å²) >= 11 is 0. The summed E-state index contributed by atoms with van der Waals surface area (Å²) in [6, 6.07) is 79.3. The maximum atomic E-state index is 7.01. The van der Waals surface area contributed by atoms with E-state index >= 15 is 0 Å². The van der Waals surface area contributed by atoms with Crippen LogP contribution in [0.25, 0.3) is 127 Å². The molecule has 0 saturated carbocycles. The maximum Gasteiger partial charge on any atom is 0.143 e. The number of benzene rings is 11. The number of para-hydroxylation sites is 4. The lowest BCUT2D eigenvalue weighted by molar-refractivity contribution is 0.669. The number of hydrogen-bond donors (Lipinski definition) is 0. The summed E-state index contributed by atoms with van der Waals surface area (Å²) in [4.78, 5) is 2.50. The Morgan fingerprint density at radius 3 is 1.57 bits per heavy atom. The van der Waals surface area contributed by atoms with Crippen LogP contribution in [0.4, 0.5) is 11.4 Å². The number of fused-ring (bicyclic) bond motifs is 15. The number of aryl methyl sites for hydroxylation is 1. The van der Waals surface area contributed by atoms with E-state index in [1.165, 1.54) is 43.8 Å². The second-order valence-electron chi connectivity index (χ2n) is 20.5. The first-order valence-electron chi connectivity index (χ1n) is 26.5. The summed E-state index contributed by atoms with van der Waals surface area (Å²) in [5.74, 6) is 0. The third kappa shape index (κ3) is 6.62. The summed E-state index contributed by atoms with van der Waals surface area (Å²) in [6.45, 7) is 0. The van der Waals surface area contributed by atoms with Gasteiger partial charge in [0, 0.05) is 60.7 Å². The van der Waals surface area contributed by atoms with Gasteiger partial charge in [0.1, 0.15) is 22.3 Å². The number of allylic oxidation sites excluding steroid dienone is 5. The Hall–Kier alpha value is -9.70. The van der Waals surface area contributed by atoms with Crippen molar-refractivity contribution in [1.82, 2.24) is 0 Å². The van der Waals surface area contributed by atoms with Crippen LogP contribution in [0.5, 0.6) is 0 Å². The predicted octanol–water partition coefficient (Wildman–Crippen LogP) is 20.0. The highest BCUT2D eigenvalue weighted by Crippen LogP contribution is 2.48. The van der Waals surface area contributed by atoms with Crippen LogP contribution in [0.1, 0.15) is 28.7 Å². The third-order valence-electron chi connectivity index (χ3n) is 16.3. The zero-order chi connectivity index (χ0) is 49.8. The SMILES string of the molecule is C1=Cc2c(c3cc(-c4ccc(N5c6ccc(-c7cccc8c7oc7c(-c9ccccc9)cccc78)cc6C6=CC5C=CC(c5cccc7c5oc5c(-c8ccccc8)cccc57)=C6)cc4)ccc3c3ccccc23)CC1. The normalized spacial score (nSPS) is 14.9. The van der Waals surface area contributed by atoms with Crippen LogP contribution in [0, 0.1) is 0 Å². The zero-order valence-electron chi connectivity index (χ0n) is 41.5. The van der Waals surface area contributed by atoms with Crippen LogP contribution < -0.4 is 4.90 Å². The molecule has 1 atom stereocenters. The number of anilines is 2. The Kier molecular flexibility index (Phi) is 9.53. The predicted molar refractivity (Wildman–Crippen MR) is 319 cm³/mol. The highest BCUT2D eigenvalue weighted by atomic mass is 16.3. The van der Waals surface area contributed by atoms with Gasteiger partial charge in [-0.1, -0.05) is 212 Å². The molecular weight excluding hydrogens is 923 g/mol. The molecule has 0 spiro atoms. The van der Waals surface area contributed by atoms with E-state index in [4.69, 9.17) is 8.83 Å². The molecule has 16 rings (SSSR count). The maximum absolute atomic E-state index is 7.01. The van der Waals surface area contributed by atoms with E-state index in [9.17, 15) is 0 Å². The Labute approximate surface area is 439 Å². The molecule has 3 heteroatoms. The lowest BCUT2D eigenvalue weighted by atomic mass is 9.85. The van der Waals surface area contributed by atoms with E-state index in [0.29, 0.717) is 0 Å². The van der Waals surface area contributed by atoms with Gasteiger partial charge in [0.25, 0.3) is 0 Å². The van der Waals surface area contributed by atoms with Crippen molar-refractivity contribution in [1.29, 1.82) is 0 Å². The van der Waals surface area contributed by atoms with Crippen molar-refractivity contribution in [2.24, 2.45) is 0 Å². The van der Waals surface area contributed by atoms with Gasteiger partial charge in [0.2, 0.25) is 0 Å². The molecule has 2 aromatic heterocycles. The standard InChI is InChI=1S/C73H47NO2/c1-3-15-46(16-4-1)54-23-11-27-63-65-29-13-25-56(72(65)75-70(54)63)49-33-38-53-42-51(41-49)67-44-50(57-26-14-30-66-64-28-12-24-55(71(64)76-73(57)66)47-17-5-2-6-18-47)35-40-69(67)74(53)52-36-31-45(32-37-52)48-34-39-62-60-21-8-7-19-58(60)59-20-9-10-22-61(59)68(62)43-48/h1-9,11-21,23-44,53H,10,22H2. The highest BCUT2D eigenvalue weighted by molar-refractivity contribution is 6.16. The van der Waals surface area contributed by atoms with Gasteiger partial charge in [0.05, 0.1) is 6.04 Å². The zero-order valence-corrected chi connectivity index (χ0v) is 41.5. The molecule has 11 aromatic carbocycles. The minimum absolute atomic E-state index is 0.0590. The van der Waals surface area contributed by atoms with Gasteiger partial charge in [-0.3, -0.25) is 0 Å². The molecule has 0 N–H and O–H groups in total. The monoisotopic (exact) mass is 969 g/mol. The molecule has 0 saturated heterocycles. The van der Waals surface area contributed by atoms with Crippen LogP contribution in [-0.4, -0.2) is 6.04 Å². The lowest BCUT2D eigenvalue weighted by Gasteiger charge is -2.36. The fourth-order valence-corrected chi connectivity index (χ4v) is 12.8. The quantitative estimate of drug-likeness (QED) is 0.156. The van der Waals surface area contributed by atoms with E-state index in [2.05, 4.69) is 260 Å². The Morgan fingerprint density at radius 1 is 0.368 bits per heavy atom. The smallest absolute Gasteiger partial charge is 0.143 e. The summed E-state index contributed by atoms with van der Waals surface area (Å²) in [6.07, 6.45) is 16.2. The van der Waals surface area contributed by atoms with Crippen molar-refractivity contribution in [2.75, 3.05) is 4.90 Å².